The third kappa shape index (κ3) is 1.84. The molecule has 1 aromatic carbocycles. The number of nitriles is 1. The number of benzene rings is 1. The van der Waals surface area contributed by atoms with Crippen LogP contribution in [0.4, 0.5) is 4.39 Å². The van der Waals surface area contributed by atoms with Gasteiger partial charge in [0.25, 0.3) is 0 Å². The van der Waals surface area contributed by atoms with Gasteiger partial charge in [0.05, 0.1) is 11.1 Å². The van der Waals surface area contributed by atoms with Gasteiger partial charge >= 0.3 is 0 Å². The quantitative estimate of drug-likeness (QED) is 0.611. The Morgan fingerprint density at radius 1 is 1.50 bits per heavy atom. The van der Waals surface area contributed by atoms with Crippen molar-refractivity contribution in [2.45, 2.75) is 0 Å². The first kappa shape index (κ1) is 8.76. The Bertz CT molecular complexity index is 352. The van der Waals surface area contributed by atoms with E-state index < -0.39 is 5.82 Å². The predicted molar refractivity (Wildman–Crippen MR) is 45.8 cm³/mol. The molecule has 0 heterocycles. The average Bonchev–Trinajstić information content (AvgIpc) is 2.05. The fourth-order valence-corrected chi connectivity index (χ4v) is 0.991. The van der Waals surface area contributed by atoms with Crippen LogP contribution in [0.2, 0.25) is 0 Å². The Morgan fingerprint density at radius 2 is 2.17 bits per heavy atom. The summed E-state index contributed by atoms with van der Waals surface area (Å²) in [6.45, 7) is 0. The van der Waals surface area contributed by atoms with Gasteiger partial charge in [-0.05, 0) is 6.07 Å². The second-order valence-corrected chi connectivity index (χ2v) is 2.51. The number of rotatable bonds is 1. The van der Waals surface area contributed by atoms with E-state index in [0.29, 0.717) is 0 Å². The Kier molecular flexibility index (Phi) is 2.84. The molecule has 0 fully saturated rings. The summed E-state index contributed by atoms with van der Waals surface area (Å²) in [5.74, 6) is -0.422. The molecule has 0 aromatic heterocycles. The maximum Gasteiger partial charge on any atom is 0.131 e. The topological polar surface area (TPSA) is 23.8 Å². The summed E-state index contributed by atoms with van der Waals surface area (Å²) >= 11 is 5.61. The van der Waals surface area contributed by atoms with Gasteiger partial charge in [0.1, 0.15) is 5.82 Å². The van der Waals surface area contributed by atoms with Gasteiger partial charge < -0.3 is 0 Å². The molecule has 1 nitrogen and oxygen atoms in total. The van der Waals surface area contributed by atoms with E-state index in [0.717, 1.165) is 6.08 Å². The minimum Gasteiger partial charge on any atom is -0.206 e. The molecule has 0 N–H and O–H groups in total. The number of halogens is 2. The first-order valence-electron chi connectivity index (χ1n) is 3.26. The molecule has 3 heteroatoms. The Balaban J connectivity index is 3.13. The van der Waals surface area contributed by atoms with E-state index >= 15 is 0 Å². The summed E-state index contributed by atoms with van der Waals surface area (Å²) < 4.78 is 12.9. The Labute approximate surface area is 74.7 Å². The number of hydrogen-bond acceptors (Lipinski definition) is 1. The van der Waals surface area contributed by atoms with Gasteiger partial charge in [0.15, 0.2) is 0 Å². The van der Waals surface area contributed by atoms with Gasteiger partial charge in [0.2, 0.25) is 0 Å². The van der Waals surface area contributed by atoms with Crippen molar-refractivity contribution in [3.63, 3.8) is 0 Å². The molecule has 0 atom stereocenters. The molecule has 0 aliphatic heterocycles. The monoisotopic (exact) mass is 181 g/mol. The molecule has 0 saturated carbocycles. The van der Waals surface area contributed by atoms with Gasteiger partial charge in [-0.2, -0.15) is 5.26 Å². The van der Waals surface area contributed by atoms with E-state index in [4.69, 9.17) is 16.9 Å². The molecule has 0 saturated heterocycles. The van der Waals surface area contributed by atoms with Crippen molar-refractivity contribution in [2.24, 2.45) is 0 Å². The second kappa shape index (κ2) is 3.89. The molecule has 1 rings (SSSR count). The van der Waals surface area contributed by atoms with Crippen molar-refractivity contribution in [3.8, 4) is 6.07 Å². The minimum absolute atomic E-state index is 0.121. The number of hydrogen-bond donors (Lipinski definition) is 0. The maximum absolute atomic E-state index is 12.9. The zero-order valence-electron chi connectivity index (χ0n) is 6.09. The third-order valence-electron chi connectivity index (χ3n) is 1.32. The van der Waals surface area contributed by atoms with Gasteiger partial charge in [-0.3, -0.25) is 0 Å². The normalized spacial score (nSPS) is 10.9. The van der Waals surface area contributed by atoms with Crippen LogP contribution in [0.1, 0.15) is 5.56 Å². The molecule has 1 aromatic rings. The molecule has 60 valence electrons. The van der Waals surface area contributed by atoms with Crippen LogP contribution in [-0.4, -0.2) is 0 Å². The largest absolute Gasteiger partial charge is 0.206 e. The zero-order valence-corrected chi connectivity index (χ0v) is 6.85. The SMILES string of the molecule is N#CC=C(Cl)c1ccccc1F. The van der Waals surface area contributed by atoms with Crippen molar-refractivity contribution < 1.29 is 4.39 Å². The molecule has 0 aliphatic rings. The summed E-state index contributed by atoms with van der Waals surface area (Å²) in [7, 11) is 0. The fraction of sp³-hybridized carbons (Fsp3) is 0. The first-order chi connectivity index (χ1) is 5.75. The van der Waals surface area contributed by atoms with Gasteiger partial charge in [-0.1, -0.05) is 29.8 Å². The molecule has 0 spiro atoms. The maximum atomic E-state index is 12.9. The van der Waals surface area contributed by atoms with E-state index in [2.05, 4.69) is 0 Å². The highest BCUT2D eigenvalue weighted by Crippen LogP contribution is 2.20. The zero-order chi connectivity index (χ0) is 8.97. The minimum atomic E-state index is -0.422. The molecular weight excluding hydrogens is 177 g/mol. The van der Waals surface area contributed by atoms with Crippen LogP contribution in [0.3, 0.4) is 0 Å². The van der Waals surface area contributed by atoms with Crippen LogP contribution in [0, 0.1) is 17.1 Å². The summed E-state index contributed by atoms with van der Waals surface area (Å²) in [6.07, 6.45) is 1.10. The lowest BCUT2D eigenvalue weighted by molar-refractivity contribution is 0.625. The number of nitrogens with zero attached hydrogens (tertiary/aromatic N) is 1. The average molecular weight is 182 g/mol. The molecule has 0 aliphatic carbocycles. The second-order valence-electron chi connectivity index (χ2n) is 2.10. The standard InChI is InChI=1S/C9H5ClFN/c10-8(5-6-12)7-3-1-2-4-9(7)11/h1-5H. The summed E-state index contributed by atoms with van der Waals surface area (Å²) in [5, 5.41) is 8.38. The first-order valence-corrected chi connectivity index (χ1v) is 3.63. The lowest BCUT2D eigenvalue weighted by Crippen LogP contribution is -1.82. The predicted octanol–water partition coefficient (Wildman–Crippen LogP) is 2.93. The van der Waals surface area contributed by atoms with Gasteiger partial charge in [-0.15, -0.1) is 0 Å². The van der Waals surface area contributed by atoms with Crippen LogP contribution in [-0.2, 0) is 0 Å². The highest BCUT2D eigenvalue weighted by Gasteiger charge is 2.02. The molecule has 12 heavy (non-hydrogen) atoms. The van der Waals surface area contributed by atoms with Crippen molar-refractivity contribution in [1.82, 2.24) is 0 Å². The van der Waals surface area contributed by atoms with Crippen molar-refractivity contribution in [2.75, 3.05) is 0 Å². The van der Waals surface area contributed by atoms with Crippen LogP contribution >= 0.6 is 11.6 Å². The van der Waals surface area contributed by atoms with E-state index in [9.17, 15) is 4.39 Å². The number of allylic oxidation sites excluding steroid dienone is 1. The third-order valence-corrected chi connectivity index (χ3v) is 1.64. The van der Waals surface area contributed by atoms with Crippen molar-refractivity contribution in [1.29, 1.82) is 5.26 Å². The van der Waals surface area contributed by atoms with E-state index in [1.807, 2.05) is 0 Å². The highest BCUT2D eigenvalue weighted by molar-refractivity contribution is 6.49. The van der Waals surface area contributed by atoms with Crippen molar-refractivity contribution in [3.05, 3.63) is 41.7 Å². The van der Waals surface area contributed by atoms with Crippen LogP contribution < -0.4 is 0 Å². The lowest BCUT2D eigenvalue weighted by Gasteiger charge is -1.97. The molecule has 0 unspecified atom stereocenters. The Morgan fingerprint density at radius 3 is 2.75 bits per heavy atom. The summed E-state index contributed by atoms with van der Waals surface area (Å²) in [4.78, 5) is 0. The van der Waals surface area contributed by atoms with E-state index in [-0.39, 0.29) is 10.6 Å². The highest BCUT2D eigenvalue weighted by atomic mass is 35.5. The summed E-state index contributed by atoms with van der Waals surface area (Å²) in [5.41, 5.74) is 0.251. The molecule has 0 bridgehead atoms. The van der Waals surface area contributed by atoms with E-state index in [1.165, 1.54) is 12.1 Å². The molecule has 0 radical (unpaired) electrons. The Hall–Kier alpha value is -1.33. The molecule has 0 amide bonds. The summed E-state index contributed by atoms with van der Waals surface area (Å²) in [6, 6.07) is 7.77. The smallest absolute Gasteiger partial charge is 0.131 e. The molecular formula is C9H5ClFN. The van der Waals surface area contributed by atoms with Crippen LogP contribution in [0.15, 0.2) is 30.3 Å². The fourth-order valence-electron chi connectivity index (χ4n) is 0.789. The van der Waals surface area contributed by atoms with E-state index in [1.54, 1.807) is 18.2 Å². The van der Waals surface area contributed by atoms with Crippen LogP contribution in [0.25, 0.3) is 5.03 Å². The van der Waals surface area contributed by atoms with Gasteiger partial charge in [-0.25, -0.2) is 4.39 Å². The lowest BCUT2D eigenvalue weighted by atomic mass is 10.2. The van der Waals surface area contributed by atoms with Gasteiger partial charge in [0, 0.05) is 11.6 Å². The van der Waals surface area contributed by atoms with Crippen LogP contribution in [0.5, 0.6) is 0 Å². The van der Waals surface area contributed by atoms with Crippen molar-refractivity contribution >= 4 is 16.6 Å².